The van der Waals surface area contributed by atoms with Crippen molar-refractivity contribution in [3.8, 4) is 0 Å². The Bertz CT molecular complexity index is 315. The molecule has 1 aromatic rings. The summed E-state index contributed by atoms with van der Waals surface area (Å²) in [6.07, 6.45) is 6.83. The van der Waals surface area contributed by atoms with Gasteiger partial charge in [0.2, 0.25) is 0 Å². The first-order chi connectivity index (χ1) is 7.59. The molecule has 0 spiro atoms. The smallest absolute Gasteiger partial charge is 0.0227 e. The van der Waals surface area contributed by atoms with Gasteiger partial charge in [-0.3, -0.25) is 0 Å². The van der Waals surface area contributed by atoms with Crippen LogP contribution in [0.5, 0.6) is 0 Å². The van der Waals surface area contributed by atoms with Crippen molar-refractivity contribution in [2.75, 3.05) is 0 Å². The fraction of sp³-hybridized carbons (Fsp3) is 0.714. The van der Waals surface area contributed by atoms with Crippen molar-refractivity contribution in [3.05, 3.63) is 22.4 Å². The normalized spacial score (nSPS) is 26.6. The first-order valence-corrected chi connectivity index (χ1v) is 8.05. The maximum absolute atomic E-state index is 3.94. The number of alkyl halides is 1. The summed E-state index contributed by atoms with van der Waals surface area (Å²) >= 11 is 5.83. The Morgan fingerprint density at radius 1 is 1.50 bits per heavy atom. The molecule has 2 atom stereocenters. The Kier molecular flexibility index (Phi) is 4.12. The van der Waals surface area contributed by atoms with Crippen LogP contribution in [0.15, 0.2) is 17.5 Å². The molecule has 0 nitrogen and oxygen atoms in total. The largest absolute Gasteiger partial charge is 0.149 e. The quantitative estimate of drug-likeness (QED) is 0.667. The molecular weight excluding hydrogens is 280 g/mol. The predicted molar refractivity (Wildman–Crippen MR) is 76.5 cm³/mol. The van der Waals surface area contributed by atoms with E-state index in [1.54, 1.807) is 0 Å². The summed E-state index contributed by atoms with van der Waals surface area (Å²) in [5, 5.41) is 2.18. The number of thiophene rings is 1. The molecule has 1 heterocycles. The van der Waals surface area contributed by atoms with Gasteiger partial charge in [0.05, 0.1) is 0 Å². The Labute approximate surface area is 112 Å². The molecule has 2 heteroatoms. The maximum Gasteiger partial charge on any atom is 0.0227 e. The van der Waals surface area contributed by atoms with E-state index in [0.717, 1.165) is 5.92 Å². The van der Waals surface area contributed by atoms with Crippen molar-refractivity contribution >= 4 is 27.3 Å². The van der Waals surface area contributed by atoms with Crippen LogP contribution in [-0.4, -0.2) is 4.83 Å². The van der Waals surface area contributed by atoms with E-state index in [-0.39, 0.29) is 0 Å². The molecule has 2 unspecified atom stereocenters. The van der Waals surface area contributed by atoms with Gasteiger partial charge < -0.3 is 0 Å². The summed E-state index contributed by atoms with van der Waals surface area (Å²) in [7, 11) is 0. The Balaban J connectivity index is 2.00. The van der Waals surface area contributed by atoms with Gasteiger partial charge in [0.15, 0.2) is 0 Å². The topological polar surface area (TPSA) is 0 Å². The molecule has 2 rings (SSSR count). The SMILES string of the molecule is CC1(C)CCCCC1C(Br)Cc1cccs1. The van der Waals surface area contributed by atoms with Crippen LogP contribution >= 0.6 is 27.3 Å². The molecule has 0 N–H and O–H groups in total. The molecule has 1 fully saturated rings. The average molecular weight is 301 g/mol. The Morgan fingerprint density at radius 3 is 2.94 bits per heavy atom. The van der Waals surface area contributed by atoms with E-state index >= 15 is 0 Å². The molecule has 16 heavy (non-hydrogen) atoms. The summed E-state index contributed by atoms with van der Waals surface area (Å²) in [5.74, 6) is 0.836. The fourth-order valence-electron chi connectivity index (χ4n) is 2.95. The van der Waals surface area contributed by atoms with Crippen molar-refractivity contribution in [2.24, 2.45) is 11.3 Å². The summed E-state index contributed by atoms with van der Waals surface area (Å²) in [5.41, 5.74) is 0.518. The van der Waals surface area contributed by atoms with Gasteiger partial charge in [-0.15, -0.1) is 11.3 Å². The highest BCUT2D eigenvalue weighted by atomic mass is 79.9. The number of rotatable bonds is 3. The summed E-state index contributed by atoms with van der Waals surface area (Å²) in [6, 6.07) is 4.42. The minimum atomic E-state index is 0.518. The van der Waals surface area contributed by atoms with Gasteiger partial charge in [-0.1, -0.05) is 48.7 Å². The van der Waals surface area contributed by atoms with Crippen LogP contribution in [-0.2, 0) is 6.42 Å². The third kappa shape index (κ3) is 2.89. The lowest BCUT2D eigenvalue weighted by molar-refractivity contribution is 0.136. The minimum absolute atomic E-state index is 0.518. The highest BCUT2D eigenvalue weighted by Crippen LogP contribution is 2.45. The van der Waals surface area contributed by atoms with E-state index in [4.69, 9.17) is 0 Å². The first-order valence-electron chi connectivity index (χ1n) is 6.26. The predicted octanol–water partition coefficient (Wildman–Crippen LogP) is 5.27. The summed E-state index contributed by atoms with van der Waals surface area (Å²) in [6.45, 7) is 4.89. The van der Waals surface area contributed by atoms with Crippen LogP contribution < -0.4 is 0 Å². The first kappa shape index (κ1) is 12.6. The second-order valence-electron chi connectivity index (χ2n) is 5.64. The van der Waals surface area contributed by atoms with Crippen molar-refractivity contribution in [1.82, 2.24) is 0 Å². The van der Waals surface area contributed by atoms with Crippen LogP contribution in [0.3, 0.4) is 0 Å². The zero-order valence-electron chi connectivity index (χ0n) is 10.2. The third-order valence-electron chi connectivity index (χ3n) is 4.00. The second-order valence-corrected chi connectivity index (χ2v) is 7.85. The Morgan fingerprint density at radius 2 is 2.31 bits per heavy atom. The van der Waals surface area contributed by atoms with Crippen LogP contribution in [0.25, 0.3) is 0 Å². The lowest BCUT2D eigenvalue weighted by Gasteiger charge is -2.41. The molecule has 0 bridgehead atoms. The molecule has 1 aromatic heterocycles. The van der Waals surface area contributed by atoms with Crippen molar-refractivity contribution in [1.29, 1.82) is 0 Å². The number of hydrogen-bond donors (Lipinski definition) is 0. The third-order valence-corrected chi connectivity index (χ3v) is 5.86. The molecule has 0 aromatic carbocycles. The lowest BCUT2D eigenvalue weighted by atomic mass is 9.67. The van der Waals surface area contributed by atoms with Gasteiger partial charge in [0.25, 0.3) is 0 Å². The molecule has 1 saturated carbocycles. The molecule has 1 aliphatic carbocycles. The standard InChI is InChI=1S/C14H21BrS/c1-14(2)8-4-3-7-12(14)13(15)10-11-6-5-9-16-11/h5-6,9,12-13H,3-4,7-8,10H2,1-2H3. The number of hydrogen-bond acceptors (Lipinski definition) is 1. The highest BCUT2D eigenvalue weighted by molar-refractivity contribution is 9.09. The zero-order valence-corrected chi connectivity index (χ0v) is 12.6. The maximum atomic E-state index is 3.94. The molecule has 0 radical (unpaired) electrons. The van der Waals surface area contributed by atoms with Gasteiger partial charge >= 0.3 is 0 Å². The molecule has 0 aliphatic heterocycles. The van der Waals surface area contributed by atoms with Crippen molar-refractivity contribution in [2.45, 2.75) is 50.8 Å². The summed E-state index contributed by atoms with van der Waals surface area (Å²) < 4.78 is 0. The van der Waals surface area contributed by atoms with E-state index < -0.39 is 0 Å². The average Bonchev–Trinajstić information content (AvgIpc) is 2.69. The van der Waals surface area contributed by atoms with Gasteiger partial charge in [-0.2, -0.15) is 0 Å². The van der Waals surface area contributed by atoms with Gasteiger partial charge in [0.1, 0.15) is 0 Å². The second kappa shape index (κ2) is 5.22. The van der Waals surface area contributed by atoms with E-state index in [1.165, 1.54) is 37.0 Å². The Hall–Kier alpha value is 0.180. The molecule has 90 valence electrons. The lowest BCUT2D eigenvalue weighted by Crippen LogP contribution is -2.34. The minimum Gasteiger partial charge on any atom is -0.149 e. The summed E-state index contributed by atoms with van der Waals surface area (Å²) in [4.78, 5) is 2.17. The van der Waals surface area contributed by atoms with Crippen molar-refractivity contribution in [3.63, 3.8) is 0 Å². The fourth-order valence-corrected chi connectivity index (χ4v) is 5.26. The van der Waals surface area contributed by atoms with Gasteiger partial charge in [-0.05, 0) is 42.0 Å². The molecule has 0 saturated heterocycles. The molecular formula is C14H21BrS. The van der Waals surface area contributed by atoms with Crippen LogP contribution in [0.2, 0.25) is 0 Å². The van der Waals surface area contributed by atoms with Crippen molar-refractivity contribution < 1.29 is 0 Å². The van der Waals surface area contributed by atoms with Gasteiger partial charge in [0, 0.05) is 9.70 Å². The monoisotopic (exact) mass is 300 g/mol. The van der Waals surface area contributed by atoms with Crippen LogP contribution in [0.4, 0.5) is 0 Å². The van der Waals surface area contributed by atoms with Crippen LogP contribution in [0, 0.1) is 11.3 Å². The molecule has 0 amide bonds. The van der Waals surface area contributed by atoms with Crippen LogP contribution in [0.1, 0.15) is 44.4 Å². The highest BCUT2D eigenvalue weighted by Gasteiger charge is 2.36. The van der Waals surface area contributed by atoms with Gasteiger partial charge in [-0.25, -0.2) is 0 Å². The van der Waals surface area contributed by atoms with E-state index in [0.29, 0.717) is 10.2 Å². The van der Waals surface area contributed by atoms with E-state index in [2.05, 4.69) is 47.3 Å². The van der Waals surface area contributed by atoms with E-state index in [1.807, 2.05) is 11.3 Å². The zero-order chi connectivity index (χ0) is 11.6. The van der Waals surface area contributed by atoms with E-state index in [9.17, 15) is 0 Å². The number of halogens is 1. The molecule has 1 aliphatic rings.